The van der Waals surface area contributed by atoms with Gasteiger partial charge in [-0.3, -0.25) is 4.79 Å². The molecule has 0 aliphatic carbocycles. The monoisotopic (exact) mass is 268 g/mol. The highest BCUT2D eigenvalue weighted by molar-refractivity contribution is 5.80. The van der Waals surface area contributed by atoms with Crippen LogP contribution in [0.5, 0.6) is 0 Å². The van der Waals surface area contributed by atoms with E-state index in [4.69, 9.17) is 5.73 Å². The first kappa shape index (κ1) is 13.9. The van der Waals surface area contributed by atoms with Crippen LogP contribution in [0.2, 0.25) is 0 Å². The molecule has 1 saturated heterocycles. The second kappa shape index (κ2) is 4.89. The standard InChI is InChI=1S/C14H18F2N2O/c1-14(2)7-11(17)8-18(14)13(19)5-9-3-4-10(15)6-12(9)16/h3-4,6,11H,5,7-8,17H2,1-2H3. The van der Waals surface area contributed by atoms with Gasteiger partial charge in [-0.15, -0.1) is 0 Å². The topological polar surface area (TPSA) is 46.3 Å². The average Bonchev–Trinajstić information content (AvgIpc) is 2.56. The highest BCUT2D eigenvalue weighted by Crippen LogP contribution is 2.28. The molecular weight excluding hydrogens is 250 g/mol. The minimum absolute atomic E-state index is 0.0444. The van der Waals surface area contributed by atoms with Gasteiger partial charge in [0.25, 0.3) is 0 Å². The van der Waals surface area contributed by atoms with E-state index in [2.05, 4.69) is 0 Å². The van der Waals surface area contributed by atoms with Gasteiger partial charge in [0.2, 0.25) is 5.91 Å². The molecule has 1 atom stereocenters. The van der Waals surface area contributed by atoms with E-state index in [1.54, 1.807) is 4.90 Å². The van der Waals surface area contributed by atoms with Gasteiger partial charge >= 0.3 is 0 Å². The molecule has 0 aromatic heterocycles. The molecule has 5 heteroatoms. The van der Waals surface area contributed by atoms with Crippen molar-refractivity contribution < 1.29 is 13.6 Å². The van der Waals surface area contributed by atoms with E-state index >= 15 is 0 Å². The van der Waals surface area contributed by atoms with Crippen molar-refractivity contribution in [2.24, 2.45) is 5.73 Å². The van der Waals surface area contributed by atoms with E-state index < -0.39 is 11.6 Å². The predicted octanol–water partition coefficient (Wildman–Crippen LogP) is 1.85. The Morgan fingerprint density at radius 2 is 2.16 bits per heavy atom. The largest absolute Gasteiger partial charge is 0.336 e. The van der Waals surface area contributed by atoms with E-state index in [9.17, 15) is 13.6 Å². The molecule has 3 nitrogen and oxygen atoms in total. The summed E-state index contributed by atoms with van der Waals surface area (Å²) in [5.41, 5.74) is 5.76. The normalized spacial score (nSPS) is 21.7. The molecule has 0 spiro atoms. The molecule has 19 heavy (non-hydrogen) atoms. The number of likely N-dealkylation sites (tertiary alicyclic amines) is 1. The van der Waals surface area contributed by atoms with E-state index in [-0.39, 0.29) is 29.5 Å². The molecular formula is C14H18F2N2O. The van der Waals surface area contributed by atoms with Crippen LogP contribution in [0.4, 0.5) is 8.78 Å². The van der Waals surface area contributed by atoms with E-state index in [0.717, 1.165) is 18.6 Å². The molecule has 0 radical (unpaired) electrons. The summed E-state index contributed by atoms with van der Waals surface area (Å²) in [6.45, 7) is 4.37. The van der Waals surface area contributed by atoms with Crippen LogP contribution in [0.1, 0.15) is 25.8 Å². The number of nitrogens with two attached hydrogens (primary N) is 1. The summed E-state index contributed by atoms with van der Waals surface area (Å²) in [6.07, 6.45) is 0.660. The Bertz CT molecular complexity index is 502. The maximum Gasteiger partial charge on any atom is 0.227 e. The van der Waals surface area contributed by atoms with Crippen molar-refractivity contribution in [1.29, 1.82) is 0 Å². The number of nitrogens with zero attached hydrogens (tertiary/aromatic N) is 1. The fraction of sp³-hybridized carbons (Fsp3) is 0.500. The van der Waals surface area contributed by atoms with Crippen molar-refractivity contribution in [1.82, 2.24) is 4.90 Å². The molecule has 2 rings (SSSR count). The molecule has 1 aliphatic rings. The van der Waals surface area contributed by atoms with Crippen molar-refractivity contribution >= 4 is 5.91 Å². The Hall–Kier alpha value is -1.49. The summed E-state index contributed by atoms with van der Waals surface area (Å²) in [5.74, 6) is -1.50. The molecule has 2 N–H and O–H groups in total. The van der Waals surface area contributed by atoms with Crippen LogP contribution in [0.3, 0.4) is 0 Å². The number of carbonyl (C=O) groups is 1. The fourth-order valence-electron chi connectivity index (χ4n) is 2.66. The predicted molar refractivity (Wildman–Crippen MR) is 68.4 cm³/mol. The van der Waals surface area contributed by atoms with Crippen LogP contribution in [-0.2, 0) is 11.2 Å². The Morgan fingerprint density at radius 1 is 1.47 bits per heavy atom. The van der Waals surface area contributed by atoms with E-state index in [1.807, 2.05) is 13.8 Å². The van der Waals surface area contributed by atoms with Crippen LogP contribution in [-0.4, -0.2) is 28.9 Å². The SMILES string of the molecule is CC1(C)CC(N)CN1C(=O)Cc1ccc(F)cc1F. The number of carbonyl (C=O) groups excluding carboxylic acids is 1. The van der Waals surface area contributed by atoms with Crippen LogP contribution in [0.15, 0.2) is 18.2 Å². The molecule has 1 aromatic carbocycles. The van der Waals surface area contributed by atoms with Gasteiger partial charge in [0.05, 0.1) is 6.42 Å². The summed E-state index contributed by atoms with van der Waals surface area (Å²) >= 11 is 0. The summed E-state index contributed by atoms with van der Waals surface area (Å²) in [6, 6.07) is 3.22. The highest BCUT2D eigenvalue weighted by Gasteiger charge is 2.39. The zero-order valence-corrected chi connectivity index (χ0v) is 11.1. The van der Waals surface area contributed by atoms with Crippen molar-refractivity contribution in [3.05, 3.63) is 35.4 Å². The molecule has 1 fully saturated rings. The molecule has 1 amide bonds. The minimum Gasteiger partial charge on any atom is -0.336 e. The first-order valence-electron chi connectivity index (χ1n) is 6.29. The lowest BCUT2D eigenvalue weighted by Crippen LogP contribution is -2.43. The van der Waals surface area contributed by atoms with Crippen molar-refractivity contribution in [2.45, 2.75) is 38.3 Å². The Balaban J connectivity index is 2.13. The maximum absolute atomic E-state index is 13.5. The van der Waals surface area contributed by atoms with E-state index in [0.29, 0.717) is 6.54 Å². The quantitative estimate of drug-likeness (QED) is 0.889. The smallest absolute Gasteiger partial charge is 0.227 e. The molecule has 1 aliphatic heterocycles. The summed E-state index contributed by atoms with van der Waals surface area (Å²) in [4.78, 5) is 13.9. The Labute approximate surface area is 111 Å². The molecule has 1 unspecified atom stereocenters. The average molecular weight is 268 g/mol. The molecule has 0 bridgehead atoms. The highest BCUT2D eigenvalue weighted by atomic mass is 19.1. The first-order chi connectivity index (χ1) is 8.79. The lowest BCUT2D eigenvalue weighted by molar-refractivity contribution is -0.133. The third kappa shape index (κ3) is 2.92. The van der Waals surface area contributed by atoms with Crippen molar-refractivity contribution in [3.8, 4) is 0 Å². The Morgan fingerprint density at radius 3 is 2.68 bits per heavy atom. The zero-order valence-electron chi connectivity index (χ0n) is 11.1. The number of hydrogen-bond donors (Lipinski definition) is 1. The van der Waals surface area contributed by atoms with Gasteiger partial charge in [-0.25, -0.2) is 8.78 Å². The van der Waals surface area contributed by atoms with Gasteiger partial charge in [0.1, 0.15) is 11.6 Å². The number of hydrogen-bond acceptors (Lipinski definition) is 2. The molecule has 1 aromatic rings. The van der Waals surface area contributed by atoms with Crippen molar-refractivity contribution in [3.63, 3.8) is 0 Å². The van der Waals surface area contributed by atoms with Crippen LogP contribution < -0.4 is 5.73 Å². The summed E-state index contributed by atoms with van der Waals surface area (Å²) in [7, 11) is 0. The first-order valence-corrected chi connectivity index (χ1v) is 6.29. The third-order valence-corrected chi connectivity index (χ3v) is 3.57. The van der Waals surface area contributed by atoms with Gasteiger partial charge in [-0.05, 0) is 31.9 Å². The van der Waals surface area contributed by atoms with Gasteiger partial charge in [-0.1, -0.05) is 6.07 Å². The lowest BCUT2D eigenvalue weighted by atomic mass is 10.00. The number of rotatable bonds is 2. The second-order valence-corrected chi connectivity index (χ2v) is 5.69. The number of halogens is 2. The van der Waals surface area contributed by atoms with Crippen LogP contribution in [0.25, 0.3) is 0 Å². The zero-order chi connectivity index (χ0) is 14.2. The molecule has 1 heterocycles. The minimum atomic E-state index is -0.686. The van der Waals surface area contributed by atoms with Gasteiger partial charge in [0.15, 0.2) is 0 Å². The van der Waals surface area contributed by atoms with Crippen molar-refractivity contribution in [2.75, 3.05) is 6.54 Å². The number of benzene rings is 1. The summed E-state index contributed by atoms with van der Waals surface area (Å²) in [5, 5.41) is 0. The second-order valence-electron chi connectivity index (χ2n) is 5.69. The fourth-order valence-corrected chi connectivity index (χ4v) is 2.66. The van der Waals surface area contributed by atoms with Gasteiger partial charge in [0, 0.05) is 24.2 Å². The Kier molecular flexibility index (Phi) is 3.58. The molecule has 0 saturated carbocycles. The third-order valence-electron chi connectivity index (χ3n) is 3.57. The van der Waals surface area contributed by atoms with Gasteiger partial charge in [-0.2, -0.15) is 0 Å². The van der Waals surface area contributed by atoms with Crippen LogP contribution >= 0.6 is 0 Å². The molecule has 104 valence electrons. The summed E-state index contributed by atoms with van der Waals surface area (Å²) < 4.78 is 26.3. The maximum atomic E-state index is 13.5. The van der Waals surface area contributed by atoms with Crippen LogP contribution in [0, 0.1) is 11.6 Å². The van der Waals surface area contributed by atoms with E-state index in [1.165, 1.54) is 6.07 Å². The lowest BCUT2D eigenvalue weighted by Gasteiger charge is -2.31. The number of amides is 1. The van der Waals surface area contributed by atoms with Gasteiger partial charge < -0.3 is 10.6 Å².